The van der Waals surface area contributed by atoms with Crippen LogP contribution in [0.25, 0.3) is 0 Å². The number of ether oxygens (including phenoxy) is 1. The van der Waals surface area contributed by atoms with Gasteiger partial charge in [-0.3, -0.25) is 9.85 Å². The van der Waals surface area contributed by atoms with Crippen LogP contribution in [0.3, 0.4) is 0 Å². The van der Waals surface area contributed by atoms with Gasteiger partial charge in [0.25, 0.3) is 0 Å². The highest BCUT2D eigenvalue weighted by atomic mass is 16.7. The number of hydrogen-bond donors (Lipinski definition) is 0. The van der Waals surface area contributed by atoms with Crippen molar-refractivity contribution in [1.82, 2.24) is 15.0 Å². The third-order valence-corrected chi connectivity index (χ3v) is 6.36. The standard InChI is InChI=1S/C24H26N4O4/c1-31-23(29)22-21-19(14-26(25-21)13-12-17-8-4-2-5-9-17)20-15-27(22)24(30)28(20)32-16-18-10-6-3-7-11-18/h2-11,19-20,22H,12-16H2,1H3/t19?,20-,22?/m1/s1. The van der Waals surface area contributed by atoms with Gasteiger partial charge in [-0.15, -0.1) is 0 Å². The van der Waals surface area contributed by atoms with E-state index in [-0.39, 0.29) is 24.6 Å². The quantitative estimate of drug-likeness (QED) is 0.626. The number of hydrazone groups is 1. The van der Waals surface area contributed by atoms with Gasteiger partial charge >= 0.3 is 12.0 Å². The smallest absolute Gasteiger partial charge is 0.345 e. The molecule has 0 radical (unpaired) electrons. The van der Waals surface area contributed by atoms with E-state index in [9.17, 15) is 9.59 Å². The molecule has 5 rings (SSSR count). The van der Waals surface area contributed by atoms with E-state index in [1.54, 1.807) is 0 Å². The van der Waals surface area contributed by atoms with Gasteiger partial charge in [0.1, 0.15) is 6.61 Å². The predicted octanol–water partition coefficient (Wildman–Crippen LogP) is 2.31. The first-order chi connectivity index (χ1) is 15.7. The number of nitrogens with zero attached hydrogens (tertiary/aromatic N) is 4. The molecular weight excluding hydrogens is 408 g/mol. The molecule has 0 spiro atoms. The molecule has 8 heteroatoms. The van der Waals surface area contributed by atoms with Crippen molar-refractivity contribution >= 4 is 17.7 Å². The Morgan fingerprint density at radius 1 is 1.03 bits per heavy atom. The lowest BCUT2D eigenvalue weighted by Crippen LogP contribution is -2.55. The number of amides is 2. The maximum atomic E-state index is 13.1. The largest absolute Gasteiger partial charge is 0.467 e. The van der Waals surface area contributed by atoms with Crippen molar-refractivity contribution in [2.45, 2.75) is 25.1 Å². The zero-order valence-electron chi connectivity index (χ0n) is 18.0. The first-order valence-corrected chi connectivity index (χ1v) is 10.9. The summed E-state index contributed by atoms with van der Waals surface area (Å²) in [5, 5.41) is 8.22. The van der Waals surface area contributed by atoms with Crippen LogP contribution in [-0.2, 0) is 27.4 Å². The van der Waals surface area contributed by atoms with Crippen molar-refractivity contribution in [2.24, 2.45) is 11.0 Å². The molecular formula is C24H26N4O4. The molecule has 2 unspecified atom stereocenters. The number of hydrogen-bond acceptors (Lipinski definition) is 6. The summed E-state index contributed by atoms with van der Waals surface area (Å²) in [4.78, 5) is 33.2. The van der Waals surface area contributed by atoms with Crippen molar-refractivity contribution in [2.75, 3.05) is 26.7 Å². The number of fused-ring (bicyclic) bond motifs is 4. The number of hydroxylamine groups is 2. The molecule has 2 fully saturated rings. The van der Waals surface area contributed by atoms with E-state index in [0.717, 1.165) is 18.5 Å². The average molecular weight is 434 g/mol. The highest BCUT2D eigenvalue weighted by molar-refractivity contribution is 6.12. The van der Waals surface area contributed by atoms with Crippen LogP contribution in [0.2, 0.25) is 0 Å². The lowest BCUT2D eigenvalue weighted by atomic mass is 9.87. The Kier molecular flexibility index (Phi) is 5.53. The third-order valence-electron chi connectivity index (χ3n) is 6.36. The van der Waals surface area contributed by atoms with Crippen molar-refractivity contribution in [3.63, 3.8) is 0 Å². The fourth-order valence-corrected chi connectivity index (χ4v) is 4.74. The van der Waals surface area contributed by atoms with Crippen LogP contribution < -0.4 is 0 Å². The maximum Gasteiger partial charge on any atom is 0.345 e. The molecule has 32 heavy (non-hydrogen) atoms. The molecule has 3 atom stereocenters. The van der Waals surface area contributed by atoms with E-state index in [2.05, 4.69) is 12.1 Å². The van der Waals surface area contributed by atoms with Crippen LogP contribution in [0.5, 0.6) is 0 Å². The molecule has 2 aromatic carbocycles. The van der Waals surface area contributed by atoms with E-state index in [4.69, 9.17) is 14.7 Å². The topological polar surface area (TPSA) is 74.7 Å². The molecule has 8 nitrogen and oxygen atoms in total. The Morgan fingerprint density at radius 2 is 1.72 bits per heavy atom. The Morgan fingerprint density at radius 3 is 2.41 bits per heavy atom. The number of esters is 1. The van der Waals surface area contributed by atoms with Gasteiger partial charge in [0.05, 0.1) is 18.9 Å². The normalized spacial score (nSPS) is 23.9. The second-order valence-electron chi connectivity index (χ2n) is 8.29. The van der Waals surface area contributed by atoms with Gasteiger partial charge < -0.3 is 9.64 Å². The van der Waals surface area contributed by atoms with Crippen molar-refractivity contribution in [3.05, 3.63) is 71.8 Å². The summed E-state index contributed by atoms with van der Waals surface area (Å²) < 4.78 is 5.03. The van der Waals surface area contributed by atoms with Gasteiger partial charge in [0.15, 0.2) is 6.04 Å². The van der Waals surface area contributed by atoms with E-state index in [1.807, 2.05) is 53.5 Å². The van der Waals surface area contributed by atoms with Crippen molar-refractivity contribution in [1.29, 1.82) is 0 Å². The van der Waals surface area contributed by atoms with Gasteiger partial charge in [0, 0.05) is 25.6 Å². The second-order valence-corrected chi connectivity index (χ2v) is 8.29. The van der Waals surface area contributed by atoms with Gasteiger partial charge in [0.2, 0.25) is 0 Å². The maximum absolute atomic E-state index is 13.1. The summed E-state index contributed by atoms with van der Waals surface area (Å²) in [6.07, 6.45) is 0.856. The van der Waals surface area contributed by atoms with E-state index in [0.29, 0.717) is 18.8 Å². The summed E-state index contributed by atoms with van der Waals surface area (Å²) in [6, 6.07) is 18.7. The Hall–Kier alpha value is -3.39. The number of benzene rings is 2. The molecule has 3 heterocycles. The molecule has 166 valence electrons. The fourth-order valence-electron chi connectivity index (χ4n) is 4.74. The van der Waals surface area contributed by atoms with Gasteiger partial charge in [-0.2, -0.15) is 10.2 Å². The van der Waals surface area contributed by atoms with Crippen LogP contribution >= 0.6 is 0 Å². The van der Waals surface area contributed by atoms with E-state index in [1.165, 1.54) is 22.6 Å². The molecule has 0 N–H and O–H groups in total. The number of piperidine rings is 1. The second kappa shape index (κ2) is 8.63. The summed E-state index contributed by atoms with van der Waals surface area (Å²) in [6.45, 7) is 2.09. The number of carbonyl (C=O) groups excluding carboxylic acids is 2. The Balaban J connectivity index is 1.35. The minimum Gasteiger partial charge on any atom is -0.467 e. The molecule has 0 saturated carbocycles. The Labute approximate surface area is 186 Å². The van der Waals surface area contributed by atoms with Crippen LogP contribution in [-0.4, -0.2) is 71.5 Å². The number of rotatable bonds is 7. The summed E-state index contributed by atoms with van der Waals surface area (Å²) in [7, 11) is 1.34. The van der Waals surface area contributed by atoms with Crippen molar-refractivity contribution in [3.8, 4) is 0 Å². The zero-order valence-corrected chi connectivity index (χ0v) is 18.0. The number of methoxy groups -OCH3 is 1. The average Bonchev–Trinajstić information content (AvgIpc) is 3.38. The predicted molar refractivity (Wildman–Crippen MR) is 117 cm³/mol. The van der Waals surface area contributed by atoms with Gasteiger partial charge in [-0.05, 0) is 17.5 Å². The monoisotopic (exact) mass is 434 g/mol. The van der Waals surface area contributed by atoms with Gasteiger partial charge in [-0.1, -0.05) is 60.7 Å². The van der Waals surface area contributed by atoms with E-state index >= 15 is 0 Å². The minimum atomic E-state index is -0.805. The third kappa shape index (κ3) is 3.71. The molecule has 0 aliphatic carbocycles. The molecule has 2 aromatic rings. The van der Waals surface area contributed by atoms with Crippen molar-refractivity contribution < 1.29 is 19.2 Å². The highest BCUT2D eigenvalue weighted by Gasteiger charge is 2.58. The minimum absolute atomic E-state index is 0.0756. The van der Waals surface area contributed by atoms with Gasteiger partial charge in [-0.25, -0.2) is 9.59 Å². The molecule has 0 aromatic heterocycles. The molecule has 2 bridgehead atoms. The lowest BCUT2D eigenvalue weighted by Gasteiger charge is -2.32. The fraction of sp³-hybridized carbons (Fsp3) is 0.375. The van der Waals surface area contributed by atoms with Crippen LogP contribution in [0.15, 0.2) is 65.8 Å². The van der Waals surface area contributed by atoms with Crippen LogP contribution in [0.1, 0.15) is 11.1 Å². The van der Waals surface area contributed by atoms with E-state index < -0.39 is 12.0 Å². The molecule has 3 aliphatic heterocycles. The summed E-state index contributed by atoms with van der Waals surface area (Å²) in [5.41, 5.74) is 2.91. The SMILES string of the molecule is COC(=O)C1C2=NN(CCc3ccccc3)CC2[C@H]2CN1C(=O)N2OCc1ccccc1. The molecule has 3 aliphatic rings. The first kappa shape index (κ1) is 20.5. The Bertz CT molecular complexity index is 1010. The van der Waals surface area contributed by atoms with Crippen LogP contribution in [0, 0.1) is 5.92 Å². The summed E-state index contributed by atoms with van der Waals surface area (Å²) in [5.74, 6) is -0.538. The highest BCUT2D eigenvalue weighted by Crippen LogP contribution is 2.37. The van der Waals surface area contributed by atoms with Crippen LogP contribution in [0.4, 0.5) is 4.79 Å². The first-order valence-electron chi connectivity index (χ1n) is 10.9. The zero-order chi connectivity index (χ0) is 22.1. The number of urea groups is 1. The lowest BCUT2D eigenvalue weighted by molar-refractivity contribution is -0.145. The molecule has 2 saturated heterocycles. The number of carbonyl (C=O) groups is 2. The molecule has 2 amide bonds. The summed E-state index contributed by atoms with van der Waals surface area (Å²) >= 11 is 0.